The fourth-order valence-electron chi connectivity index (χ4n) is 1.24. The van der Waals surface area contributed by atoms with Crippen LogP contribution in [0.4, 0.5) is 0 Å². The summed E-state index contributed by atoms with van der Waals surface area (Å²) in [4.78, 5) is 11.2. The second-order valence-electron chi connectivity index (χ2n) is 3.03. The van der Waals surface area contributed by atoms with Gasteiger partial charge in [-0.2, -0.15) is 0 Å². The highest BCUT2D eigenvalue weighted by Crippen LogP contribution is 2.24. The first kappa shape index (κ1) is 10.1. The third-order valence-corrected chi connectivity index (χ3v) is 2.11. The molecule has 0 saturated heterocycles. The van der Waals surface area contributed by atoms with Crippen molar-refractivity contribution in [2.75, 3.05) is 5.88 Å². The third-order valence-electron chi connectivity index (χ3n) is 1.87. The number of carbonyl (C=O) groups is 1. The Kier molecular flexibility index (Phi) is 2.94. The highest BCUT2D eigenvalue weighted by Gasteiger charge is 2.12. The van der Waals surface area contributed by atoms with Gasteiger partial charge in [0.25, 0.3) is 0 Å². The molecule has 0 spiro atoms. The van der Waals surface area contributed by atoms with Crippen LogP contribution in [0, 0.1) is 13.8 Å². The molecule has 0 aliphatic carbocycles. The number of phenolic OH excluding ortho intramolecular Hbond substituents is 1. The van der Waals surface area contributed by atoms with Crippen molar-refractivity contribution in [3.8, 4) is 5.75 Å². The molecule has 1 aromatic carbocycles. The molecule has 0 fully saturated rings. The normalized spacial score (nSPS) is 10.1. The first-order valence-electron chi connectivity index (χ1n) is 3.95. The Morgan fingerprint density at radius 3 is 2.62 bits per heavy atom. The van der Waals surface area contributed by atoms with E-state index in [1.54, 1.807) is 13.0 Å². The maximum absolute atomic E-state index is 11.2. The van der Waals surface area contributed by atoms with Gasteiger partial charge in [-0.25, -0.2) is 0 Å². The molecule has 0 radical (unpaired) electrons. The smallest absolute Gasteiger partial charge is 0.181 e. The standard InChI is InChI=1S/C10H11ClO2/c1-6-3-7(2)10(13)8(4-6)9(12)5-11/h3-4,13H,5H2,1-2H3. The van der Waals surface area contributed by atoms with E-state index in [2.05, 4.69) is 0 Å². The number of ketones is 1. The lowest BCUT2D eigenvalue weighted by Gasteiger charge is -2.06. The lowest BCUT2D eigenvalue weighted by molar-refractivity contribution is 0.101. The molecule has 13 heavy (non-hydrogen) atoms. The maximum atomic E-state index is 11.2. The Labute approximate surface area is 82.2 Å². The zero-order valence-electron chi connectivity index (χ0n) is 7.60. The van der Waals surface area contributed by atoms with Crippen LogP contribution in [0.15, 0.2) is 12.1 Å². The number of alkyl halides is 1. The monoisotopic (exact) mass is 198 g/mol. The summed E-state index contributed by atoms with van der Waals surface area (Å²) in [5.41, 5.74) is 1.96. The van der Waals surface area contributed by atoms with Crippen molar-refractivity contribution < 1.29 is 9.90 Å². The third kappa shape index (κ3) is 2.01. The SMILES string of the molecule is Cc1cc(C)c(O)c(C(=O)CCl)c1. The zero-order chi connectivity index (χ0) is 10.0. The molecule has 0 aromatic heterocycles. The number of aryl methyl sites for hydroxylation is 2. The summed E-state index contributed by atoms with van der Waals surface area (Å²) in [6.45, 7) is 3.63. The van der Waals surface area contributed by atoms with Gasteiger partial charge < -0.3 is 5.11 Å². The second kappa shape index (κ2) is 3.79. The molecule has 0 aliphatic heterocycles. The number of phenols is 1. The van der Waals surface area contributed by atoms with Gasteiger partial charge in [0.05, 0.1) is 11.4 Å². The highest BCUT2D eigenvalue weighted by atomic mass is 35.5. The van der Waals surface area contributed by atoms with Crippen LogP contribution in [0.5, 0.6) is 5.75 Å². The van der Waals surface area contributed by atoms with E-state index < -0.39 is 0 Å². The molecule has 1 rings (SSSR count). The van der Waals surface area contributed by atoms with Gasteiger partial charge in [-0.05, 0) is 31.0 Å². The summed E-state index contributed by atoms with van der Waals surface area (Å²) < 4.78 is 0. The number of hydrogen-bond donors (Lipinski definition) is 1. The molecular weight excluding hydrogens is 188 g/mol. The minimum Gasteiger partial charge on any atom is -0.507 e. The molecule has 0 bridgehead atoms. The predicted molar refractivity (Wildman–Crippen MR) is 52.6 cm³/mol. The van der Waals surface area contributed by atoms with Crippen molar-refractivity contribution in [1.82, 2.24) is 0 Å². The van der Waals surface area contributed by atoms with Crippen molar-refractivity contribution in [2.45, 2.75) is 13.8 Å². The van der Waals surface area contributed by atoms with Gasteiger partial charge in [0.1, 0.15) is 5.75 Å². The van der Waals surface area contributed by atoms with Crippen LogP contribution in [0.2, 0.25) is 0 Å². The number of benzene rings is 1. The molecule has 2 nitrogen and oxygen atoms in total. The van der Waals surface area contributed by atoms with Crippen LogP contribution in [-0.4, -0.2) is 16.8 Å². The Bertz CT molecular complexity index is 345. The van der Waals surface area contributed by atoms with Crippen molar-refractivity contribution in [3.63, 3.8) is 0 Å². The van der Waals surface area contributed by atoms with Crippen LogP contribution >= 0.6 is 11.6 Å². The molecule has 0 saturated carbocycles. The van der Waals surface area contributed by atoms with Crippen LogP contribution in [-0.2, 0) is 0 Å². The summed E-state index contributed by atoms with van der Waals surface area (Å²) in [5.74, 6) is -0.307. The molecule has 3 heteroatoms. The highest BCUT2D eigenvalue weighted by molar-refractivity contribution is 6.30. The Morgan fingerprint density at radius 2 is 2.08 bits per heavy atom. The number of Topliss-reactive ketones (excluding diaryl/α,β-unsaturated/α-hetero) is 1. The van der Waals surface area contributed by atoms with Gasteiger partial charge >= 0.3 is 0 Å². The van der Waals surface area contributed by atoms with Gasteiger partial charge in [-0.1, -0.05) is 6.07 Å². The van der Waals surface area contributed by atoms with E-state index in [4.69, 9.17) is 11.6 Å². The Hall–Kier alpha value is -1.02. The average molecular weight is 199 g/mol. The fraction of sp³-hybridized carbons (Fsp3) is 0.300. The van der Waals surface area contributed by atoms with Crippen molar-refractivity contribution >= 4 is 17.4 Å². The molecule has 1 aromatic rings. The molecule has 0 unspecified atom stereocenters. The van der Waals surface area contributed by atoms with Gasteiger partial charge in [0.15, 0.2) is 5.78 Å². The van der Waals surface area contributed by atoms with Crippen LogP contribution < -0.4 is 0 Å². The van der Waals surface area contributed by atoms with E-state index in [1.165, 1.54) is 0 Å². The van der Waals surface area contributed by atoms with Crippen LogP contribution in [0.3, 0.4) is 0 Å². The second-order valence-corrected chi connectivity index (χ2v) is 3.30. The molecule has 0 aliphatic rings. The first-order chi connectivity index (χ1) is 6.06. The largest absolute Gasteiger partial charge is 0.507 e. The van der Waals surface area contributed by atoms with Crippen LogP contribution in [0.25, 0.3) is 0 Å². The predicted octanol–water partition coefficient (Wildman–Crippen LogP) is 2.43. The summed E-state index contributed by atoms with van der Waals surface area (Å²) in [6.07, 6.45) is 0. The lowest BCUT2D eigenvalue weighted by Crippen LogP contribution is -2.02. The lowest BCUT2D eigenvalue weighted by atomic mass is 10.0. The molecule has 0 amide bonds. The molecule has 70 valence electrons. The molecule has 1 N–H and O–H groups in total. The van der Waals surface area contributed by atoms with Gasteiger partial charge in [0, 0.05) is 0 Å². The van der Waals surface area contributed by atoms with Gasteiger partial charge in [-0.3, -0.25) is 4.79 Å². The number of halogens is 1. The number of aromatic hydroxyl groups is 1. The maximum Gasteiger partial charge on any atom is 0.181 e. The average Bonchev–Trinajstić information content (AvgIpc) is 2.10. The quantitative estimate of drug-likeness (QED) is 0.586. The van der Waals surface area contributed by atoms with Gasteiger partial charge in [-0.15, -0.1) is 11.6 Å². The summed E-state index contributed by atoms with van der Waals surface area (Å²) in [5, 5.41) is 9.54. The minimum absolute atomic E-state index is 0.0382. The number of hydrogen-bond acceptors (Lipinski definition) is 2. The Balaban J connectivity index is 3.28. The van der Waals surface area contributed by atoms with Gasteiger partial charge in [0.2, 0.25) is 0 Å². The molecular formula is C10H11ClO2. The fourth-order valence-corrected chi connectivity index (χ4v) is 1.39. The van der Waals surface area contributed by atoms with Crippen LogP contribution in [0.1, 0.15) is 21.5 Å². The number of rotatable bonds is 2. The first-order valence-corrected chi connectivity index (χ1v) is 4.49. The van der Waals surface area contributed by atoms with Crippen molar-refractivity contribution in [3.05, 3.63) is 28.8 Å². The summed E-state index contributed by atoms with van der Waals surface area (Å²) >= 11 is 5.40. The van der Waals surface area contributed by atoms with Crippen molar-refractivity contribution in [2.24, 2.45) is 0 Å². The Morgan fingerprint density at radius 1 is 1.46 bits per heavy atom. The van der Waals surface area contributed by atoms with E-state index in [0.717, 1.165) is 5.56 Å². The van der Waals surface area contributed by atoms with E-state index in [9.17, 15) is 9.90 Å². The molecule has 0 atom stereocenters. The van der Waals surface area contributed by atoms with Crippen molar-refractivity contribution in [1.29, 1.82) is 0 Å². The molecule has 0 heterocycles. The summed E-state index contributed by atoms with van der Waals surface area (Å²) in [6, 6.07) is 3.47. The summed E-state index contributed by atoms with van der Waals surface area (Å²) in [7, 11) is 0. The van der Waals surface area contributed by atoms with E-state index >= 15 is 0 Å². The van der Waals surface area contributed by atoms with E-state index in [-0.39, 0.29) is 17.4 Å². The minimum atomic E-state index is -0.244. The zero-order valence-corrected chi connectivity index (χ0v) is 8.35. The topological polar surface area (TPSA) is 37.3 Å². The van der Waals surface area contributed by atoms with E-state index in [1.807, 2.05) is 13.0 Å². The van der Waals surface area contributed by atoms with E-state index in [0.29, 0.717) is 11.1 Å². The number of carbonyl (C=O) groups excluding carboxylic acids is 1.